The second-order valence-electron chi connectivity index (χ2n) is 4.95. The molecule has 0 unspecified atom stereocenters. The Hall–Kier alpha value is -2.10. The Morgan fingerprint density at radius 2 is 2.00 bits per heavy atom. The quantitative estimate of drug-likeness (QED) is 0.732. The number of nitrogens with zero attached hydrogens (tertiary/aromatic N) is 2. The van der Waals surface area contributed by atoms with Crippen LogP contribution < -0.4 is 0 Å². The van der Waals surface area contributed by atoms with Gasteiger partial charge in [0.25, 0.3) is 0 Å². The first-order valence-corrected chi connectivity index (χ1v) is 7.52. The number of hydrogen-bond donors (Lipinski definition) is 0. The summed E-state index contributed by atoms with van der Waals surface area (Å²) >= 11 is 0. The van der Waals surface area contributed by atoms with Crippen molar-refractivity contribution in [2.45, 2.75) is 39.7 Å². The summed E-state index contributed by atoms with van der Waals surface area (Å²) in [7, 11) is 0. The van der Waals surface area contributed by atoms with Gasteiger partial charge in [-0.05, 0) is 25.0 Å². The van der Waals surface area contributed by atoms with E-state index in [1.807, 2.05) is 35.9 Å². The molecule has 0 bridgehead atoms. The summed E-state index contributed by atoms with van der Waals surface area (Å²) in [5, 5.41) is 4.56. The third-order valence-corrected chi connectivity index (χ3v) is 3.25. The van der Waals surface area contributed by atoms with E-state index in [4.69, 9.17) is 4.74 Å². The number of aryl methyl sites for hydroxylation is 1. The predicted molar refractivity (Wildman–Crippen MR) is 82.9 cm³/mol. The lowest BCUT2D eigenvalue weighted by Gasteiger charge is -2.06. The number of hydrogen-bond acceptors (Lipinski definition) is 3. The fourth-order valence-electron chi connectivity index (χ4n) is 2.24. The zero-order valence-corrected chi connectivity index (χ0v) is 12.7. The highest BCUT2D eigenvalue weighted by molar-refractivity contribution is 5.72. The van der Waals surface area contributed by atoms with Crippen molar-refractivity contribution in [2.24, 2.45) is 0 Å². The number of unbranched alkanes of at least 4 members (excludes halogenated alkanes) is 1. The minimum atomic E-state index is -0.225. The molecule has 0 saturated carbocycles. The molecule has 0 amide bonds. The second-order valence-corrected chi connectivity index (χ2v) is 4.95. The number of aromatic nitrogens is 2. The molecule has 0 aliphatic carbocycles. The molecule has 1 aromatic heterocycles. The van der Waals surface area contributed by atoms with E-state index in [9.17, 15) is 4.79 Å². The highest BCUT2D eigenvalue weighted by Gasteiger charge is 2.13. The molecule has 112 valence electrons. The van der Waals surface area contributed by atoms with Crippen molar-refractivity contribution in [1.29, 1.82) is 0 Å². The van der Waals surface area contributed by atoms with Gasteiger partial charge >= 0.3 is 5.97 Å². The lowest BCUT2D eigenvalue weighted by Crippen LogP contribution is -2.09. The maximum absolute atomic E-state index is 11.6. The van der Waals surface area contributed by atoms with Gasteiger partial charge in [0.2, 0.25) is 0 Å². The molecule has 21 heavy (non-hydrogen) atoms. The van der Waals surface area contributed by atoms with Crippen LogP contribution in [0.4, 0.5) is 0 Å². The Morgan fingerprint density at radius 3 is 2.67 bits per heavy atom. The molecule has 0 radical (unpaired) electrons. The SMILES string of the molecule is CCCCn1nc(CC(=O)OCC)cc1-c1ccccc1. The summed E-state index contributed by atoms with van der Waals surface area (Å²) < 4.78 is 6.99. The van der Waals surface area contributed by atoms with Crippen molar-refractivity contribution in [3.05, 3.63) is 42.1 Å². The summed E-state index contributed by atoms with van der Waals surface area (Å²) in [5.41, 5.74) is 2.95. The van der Waals surface area contributed by atoms with Crippen molar-refractivity contribution in [3.8, 4) is 11.3 Å². The molecule has 0 aliphatic heterocycles. The van der Waals surface area contributed by atoms with Crippen LogP contribution in [0, 0.1) is 0 Å². The average molecular weight is 286 g/mol. The standard InChI is InChI=1S/C17H22N2O2/c1-3-5-11-19-16(14-9-7-6-8-10-14)12-15(18-19)13-17(20)21-4-2/h6-10,12H,3-5,11,13H2,1-2H3. The van der Waals surface area contributed by atoms with Crippen LogP contribution in [0.15, 0.2) is 36.4 Å². The van der Waals surface area contributed by atoms with Crippen LogP contribution in [0.3, 0.4) is 0 Å². The van der Waals surface area contributed by atoms with E-state index in [0.717, 1.165) is 36.3 Å². The molecule has 2 rings (SSSR count). The Bertz CT molecular complexity index is 576. The number of benzene rings is 1. The van der Waals surface area contributed by atoms with Gasteiger partial charge in [-0.15, -0.1) is 0 Å². The monoisotopic (exact) mass is 286 g/mol. The van der Waals surface area contributed by atoms with Crippen LogP contribution in [0.5, 0.6) is 0 Å². The van der Waals surface area contributed by atoms with E-state index in [-0.39, 0.29) is 12.4 Å². The topological polar surface area (TPSA) is 44.1 Å². The van der Waals surface area contributed by atoms with Crippen LogP contribution in [-0.2, 0) is 22.5 Å². The van der Waals surface area contributed by atoms with E-state index in [2.05, 4.69) is 24.2 Å². The van der Waals surface area contributed by atoms with Crippen LogP contribution in [0.2, 0.25) is 0 Å². The van der Waals surface area contributed by atoms with E-state index >= 15 is 0 Å². The fourth-order valence-corrected chi connectivity index (χ4v) is 2.24. The summed E-state index contributed by atoms with van der Waals surface area (Å²) in [4.78, 5) is 11.6. The lowest BCUT2D eigenvalue weighted by atomic mass is 10.1. The predicted octanol–water partition coefficient (Wildman–Crippen LogP) is 3.46. The van der Waals surface area contributed by atoms with Gasteiger partial charge < -0.3 is 4.74 Å². The van der Waals surface area contributed by atoms with Gasteiger partial charge in [-0.1, -0.05) is 43.7 Å². The van der Waals surface area contributed by atoms with Crippen LogP contribution in [-0.4, -0.2) is 22.4 Å². The molecular formula is C17H22N2O2. The number of carbonyl (C=O) groups is 1. The first-order chi connectivity index (χ1) is 10.2. The van der Waals surface area contributed by atoms with E-state index in [0.29, 0.717) is 6.61 Å². The molecule has 4 nitrogen and oxygen atoms in total. The van der Waals surface area contributed by atoms with Crippen LogP contribution in [0.25, 0.3) is 11.3 Å². The summed E-state index contributed by atoms with van der Waals surface area (Å²) in [6.07, 6.45) is 2.41. The summed E-state index contributed by atoms with van der Waals surface area (Å²) in [6.45, 7) is 5.24. The Morgan fingerprint density at radius 1 is 1.24 bits per heavy atom. The molecule has 0 spiro atoms. The molecule has 2 aromatic rings. The van der Waals surface area contributed by atoms with E-state index in [1.165, 1.54) is 0 Å². The van der Waals surface area contributed by atoms with Gasteiger partial charge in [-0.3, -0.25) is 9.48 Å². The molecule has 1 aromatic carbocycles. The molecule has 0 fully saturated rings. The molecule has 0 aliphatic rings. The minimum absolute atomic E-state index is 0.225. The van der Waals surface area contributed by atoms with Crippen molar-refractivity contribution >= 4 is 5.97 Å². The Kier molecular flexibility index (Phi) is 5.55. The number of rotatable bonds is 7. The Labute approximate surface area is 125 Å². The van der Waals surface area contributed by atoms with Gasteiger partial charge in [-0.25, -0.2) is 0 Å². The van der Waals surface area contributed by atoms with Gasteiger partial charge in [0, 0.05) is 6.54 Å². The smallest absolute Gasteiger partial charge is 0.311 e. The third kappa shape index (κ3) is 4.18. The van der Waals surface area contributed by atoms with Gasteiger partial charge in [0.1, 0.15) is 0 Å². The highest BCUT2D eigenvalue weighted by atomic mass is 16.5. The molecule has 1 heterocycles. The van der Waals surface area contributed by atoms with E-state index < -0.39 is 0 Å². The molecule has 0 N–H and O–H groups in total. The maximum Gasteiger partial charge on any atom is 0.311 e. The first-order valence-electron chi connectivity index (χ1n) is 7.52. The van der Waals surface area contributed by atoms with Gasteiger partial charge in [0.15, 0.2) is 0 Å². The lowest BCUT2D eigenvalue weighted by molar-refractivity contribution is -0.142. The largest absolute Gasteiger partial charge is 0.466 e. The first kappa shape index (κ1) is 15.3. The summed E-state index contributed by atoms with van der Waals surface area (Å²) in [6, 6.07) is 12.1. The molecular weight excluding hydrogens is 264 g/mol. The molecule has 4 heteroatoms. The van der Waals surface area contributed by atoms with Crippen molar-refractivity contribution in [2.75, 3.05) is 6.61 Å². The van der Waals surface area contributed by atoms with Gasteiger partial charge in [0.05, 0.1) is 24.4 Å². The minimum Gasteiger partial charge on any atom is -0.466 e. The fraction of sp³-hybridized carbons (Fsp3) is 0.412. The zero-order valence-electron chi connectivity index (χ0n) is 12.7. The van der Waals surface area contributed by atoms with Crippen LogP contribution in [0.1, 0.15) is 32.4 Å². The van der Waals surface area contributed by atoms with Crippen molar-refractivity contribution in [3.63, 3.8) is 0 Å². The van der Waals surface area contributed by atoms with E-state index in [1.54, 1.807) is 0 Å². The second kappa shape index (κ2) is 7.62. The summed E-state index contributed by atoms with van der Waals surface area (Å²) in [5.74, 6) is -0.225. The maximum atomic E-state index is 11.6. The third-order valence-electron chi connectivity index (χ3n) is 3.25. The van der Waals surface area contributed by atoms with Gasteiger partial charge in [-0.2, -0.15) is 5.10 Å². The normalized spacial score (nSPS) is 10.6. The van der Waals surface area contributed by atoms with Crippen molar-refractivity contribution < 1.29 is 9.53 Å². The van der Waals surface area contributed by atoms with Crippen molar-refractivity contribution in [1.82, 2.24) is 9.78 Å². The number of esters is 1. The molecule has 0 atom stereocenters. The zero-order chi connectivity index (χ0) is 15.1. The number of ether oxygens (including phenoxy) is 1. The number of carbonyl (C=O) groups excluding carboxylic acids is 1. The van der Waals surface area contributed by atoms with Crippen LogP contribution >= 0.6 is 0 Å². The Balaban J connectivity index is 2.25. The highest BCUT2D eigenvalue weighted by Crippen LogP contribution is 2.21. The molecule has 0 saturated heterocycles. The average Bonchev–Trinajstić information content (AvgIpc) is 2.89.